The Kier molecular flexibility index (Phi) is 3.03. The second kappa shape index (κ2) is 4.70. The van der Waals surface area contributed by atoms with Crippen LogP contribution in [0.4, 0.5) is 0 Å². The average Bonchev–Trinajstić information content (AvgIpc) is 2.86. The Hall–Kier alpha value is -1.81. The first-order valence-electron chi connectivity index (χ1n) is 6.69. The number of nitrogens with zero attached hydrogens (tertiary/aromatic N) is 3. The molecule has 1 aliphatic heterocycles. The number of pyridine rings is 1. The van der Waals surface area contributed by atoms with Crippen LogP contribution in [-0.2, 0) is 13.1 Å². The Bertz CT molecular complexity index is 620. The summed E-state index contributed by atoms with van der Waals surface area (Å²) in [6.07, 6.45) is 1.80. The molecular weight excluding hydrogens is 236 g/mol. The summed E-state index contributed by atoms with van der Waals surface area (Å²) in [6, 6.07) is 3.99. The molecule has 1 aliphatic rings. The lowest BCUT2D eigenvalue weighted by molar-refractivity contribution is 0.746. The number of rotatable bonds is 2. The second-order valence-electron chi connectivity index (χ2n) is 5.28. The van der Waals surface area contributed by atoms with E-state index in [1.807, 2.05) is 19.1 Å². The topological polar surface area (TPSA) is 50.7 Å². The monoisotopic (exact) mass is 254 g/mol. The van der Waals surface area contributed by atoms with Gasteiger partial charge in [0.1, 0.15) is 5.69 Å². The molecule has 19 heavy (non-hydrogen) atoms. The summed E-state index contributed by atoms with van der Waals surface area (Å²) in [5, 5.41) is 3.35. The van der Waals surface area contributed by atoms with Crippen LogP contribution >= 0.6 is 0 Å². The number of aryl methyl sites for hydroxylation is 1. The van der Waals surface area contributed by atoms with Gasteiger partial charge >= 0.3 is 0 Å². The number of aromatic nitrogens is 3. The Morgan fingerprint density at radius 1 is 1.21 bits per heavy atom. The highest BCUT2D eigenvalue weighted by Crippen LogP contribution is 2.27. The van der Waals surface area contributed by atoms with Gasteiger partial charge in [-0.2, -0.15) is 0 Å². The summed E-state index contributed by atoms with van der Waals surface area (Å²) < 4.78 is 0. The Morgan fingerprint density at radius 2 is 2.05 bits per heavy atom. The van der Waals surface area contributed by atoms with E-state index >= 15 is 0 Å². The predicted molar refractivity (Wildman–Crippen MR) is 74.6 cm³/mol. The van der Waals surface area contributed by atoms with Crippen LogP contribution in [0.25, 0.3) is 11.5 Å². The molecule has 0 aromatic carbocycles. The molecule has 1 N–H and O–H groups in total. The third kappa shape index (κ3) is 2.12. The lowest BCUT2D eigenvalue weighted by Crippen LogP contribution is -2.06. The highest BCUT2D eigenvalue weighted by molar-refractivity contribution is 5.55. The molecule has 98 valence electrons. The molecule has 0 saturated carbocycles. The van der Waals surface area contributed by atoms with Gasteiger partial charge in [-0.3, -0.25) is 4.98 Å². The van der Waals surface area contributed by atoms with Gasteiger partial charge in [0, 0.05) is 24.8 Å². The van der Waals surface area contributed by atoms with E-state index in [4.69, 9.17) is 9.97 Å². The molecule has 0 spiro atoms. The van der Waals surface area contributed by atoms with E-state index < -0.39 is 0 Å². The fraction of sp³-hybridized carbons (Fsp3) is 0.400. The molecule has 0 atom stereocenters. The molecule has 0 aliphatic carbocycles. The molecule has 0 bridgehead atoms. The first-order chi connectivity index (χ1) is 9.16. The normalized spacial score (nSPS) is 13.9. The summed E-state index contributed by atoms with van der Waals surface area (Å²) >= 11 is 0. The minimum atomic E-state index is 0.402. The van der Waals surface area contributed by atoms with E-state index in [1.54, 1.807) is 6.20 Å². The van der Waals surface area contributed by atoms with Gasteiger partial charge in [0.25, 0.3) is 0 Å². The summed E-state index contributed by atoms with van der Waals surface area (Å²) in [7, 11) is 0. The minimum absolute atomic E-state index is 0.402. The summed E-state index contributed by atoms with van der Waals surface area (Å²) in [5.41, 5.74) is 5.54. The lowest BCUT2D eigenvalue weighted by Gasteiger charge is -2.12. The zero-order valence-electron chi connectivity index (χ0n) is 11.6. The number of hydrogen-bond acceptors (Lipinski definition) is 4. The summed E-state index contributed by atoms with van der Waals surface area (Å²) in [6.45, 7) is 8.11. The van der Waals surface area contributed by atoms with Crippen LogP contribution in [0.3, 0.4) is 0 Å². The van der Waals surface area contributed by atoms with Crippen LogP contribution in [0.2, 0.25) is 0 Å². The van der Waals surface area contributed by atoms with E-state index in [0.717, 1.165) is 41.6 Å². The SMILES string of the molecule is Cc1cccnc1-c1nc2c(c(C(C)C)n1)CNC2. The number of nitrogens with one attached hydrogen (secondary N) is 1. The van der Waals surface area contributed by atoms with Gasteiger partial charge in [-0.15, -0.1) is 0 Å². The van der Waals surface area contributed by atoms with Crippen molar-refractivity contribution >= 4 is 0 Å². The van der Waals surface area contributed by atoms with Gasteiger partial charge < -0.3 is 5.32 Å². The Labute approximate surface area is 113 Å². The van der Waals surface area contributed by atoms with Crippen LogP contribution in [0.15, 0.2) is 18.3 Å². The maximum absolute atomic E-state index is 4.76. The fourth-order valence-corrected chi connectivity index (χ4v) is 2.50. The molecule has 2 aromatic rings. The van der Waals surface area contributed by atoms with Gasteiger partial charge in [0.15, 0.2) is 5.82 Å². The van der Waals surface area contributed by atoms with Crippen molar-refractivity contribution in [3.63, 3.8) is 0 Å². The average molecular weight is 254 g/mol. The highest BCUT2D eigenvalue weighted by atomic mass is 15.0. The quantitative estimate of drug-likeness (QED) is 0.895. The molecule has 4 heteroatoms. The summed E-state index contributed by atoms with van der Waals surface area (Å²) in [4.78, 5) is 13.9. The lowest BCUT2D eigenvalue weighted by atomic mass is 10.0. The van der Waals surface area contributed by atoms with Crippen molar-refractivity contribution in [1.82, 2.24) is 20.3 Å². The van der Waals surface area contributed by atoms with Gasteiger partial charge in [-0.05, 0) is 24.5 Å². The van der Waals surface area contributed by atoms with Crippen LogP contribution in [-0.4, -0.2) is 15.0 Å². The van der Waals surface area contributed by atoms with Crippen LogP contribution in [0.1, 0.15) is 42.3 Å². The first kappa shape index (κ1) is 12.2. The molecule has 2 aromatic heterocycles. The molecular formula is C15H18N4. The molecule has 3 heterocycles. The van der Waals surface area contributed by atoms with Crippen LogP contribution < -0.4 is 5.32 Å². The van der Waals surface area contributed by atoms with Crippen molar-refractivity contribution in [3.8, 4) is 11.5 Å². The zero-order valence-corrected chi connectivity index (χ0v) is 11.6. The van der Waals surface area contributed by atoms with Crippen molar-refractivity contribution in [2.75, 3.05) is 0 Å². The standard InChI is InChI=1S/C15H18N4/c1-9(2)13-11-7-16-8-12(11)18-15(19-13)14-10(3)5-4-6-17-14/h4-6,9,16H,7-8H2,1-3H3. The Morgan fingerprint density at radius 3 is 2.79 bits per heavy atom. The molecule has 0 unspecified atom stereocenters. The predicted octanol–water partition coefficient (Wildman–Crippen LogP) is 2.57. The fourth-order valence-electron chi connectivity index (χ4n) is 2.50. The molecule has 0 fully saturated rings. The van der Waals surface area contributed by atoms with Crippen molar-refractivity contribution in [1.29, 1.82) is 0 Å². The van der Waals surface area contributed by atoms with E-state index in [1.165, 1.54) is 5.56 Å². The van der Waals surface area contributed by atoms with Crippen molar-refractivity contribution in [2.45, 2.75) is 39.8 Å². The van der Waals surface area contributed by atoms with Crippen molar-refractivity contribution < 1.29 is 0 Å². The van der Waals surface area contributed by atoms with Crippen molar-refractivity contribution in [2.24, 2.45) is 0 Å². The smallest absolute Gasteiger partial charge is 0.178 e. The highest BCUT2D eigenvalue weighted by Gasteiger charge is 2.21. The summed E-state index contributed by atoms with van der Waals surface area (Å²) in [5.74, 6) is 1.16. The van der Waals surface area contributed by atoms with Gasteiger partial charge in [-0.1, -0.05) is 19.9 Å². The second-order valence-corrected chi connectivity index (χ2v) is 5.28. The maximum atomic E-state index is 4.76. The van der Waals surface area contributed by atoms with Gasteiger partial charge in [0.05, 0.1) is 11.4 Å². The number of hydrogen-bond donors (Lipinski definition) is 1. The van der Waals surface area contributed by atoms with Crippen molar-refractivity contribution in [3.05, 3.63) is 40.8 Å². The van der Waals surface area contributed by atoms with E-state index in [2.05, 4.69) is 24.1 Å². The van der Waals surface area contributed by atoms with E-state index in [0.29, 0.717) is 5.92 Å². The van der Waals surface area contributed by atoms with Crippen LogP contribution in [0, 0.1) is 6.92 Å². The maximum Gasteiger partial charge on any atom is 0.178 e. The van der Waals surface area contributed by atoms with Gasteiger partial charge in [0.2, 0.25) is 0 Å². The van der Waals surface area contributed by atoms with E-state index in [-0.39, 0.29) is 0 Å². The largest absolute Gasteiger partial charge is 0.307 e. The molecule has 0 saturated heterocycles. The Balaban J connectivity index is 2.19. The number of fused-ring (bicyclic) bond motifs is 1. The van der Waals surface area contributed by atoms with Gasteiger partial charge in [-0.25, -0.2) is 9.97 Å². The zero-order chi connectivity index (χ0) is 13.4. The molecule has 4 nitrogen and oxygen atoms in total. The third-order valence-corrected chi connectivity index (χ3v) is 3.49. The minimum Gasteiger partial charge on any atom is -0.307 e. The van der Waals surface area contributed by atoms with E-state index in [9.17, 15) is 0 Å². The third-order valence-electron chi connectivity index (χ3n) is 3.49. The molecule has 0 radical (unpaired) electrons. The molecule has 3 rings (SSSR count). The first-order valence-corrected chi connectivity index (χ1v) is 6.69. The van der Waals surface area contributed by atoms with Crippen LogP contribution in [0.5, 0.6) is 0 Å². The molecule has 0 amide bonds.